The fourth-order valence-electron chi connectivity index (χ4n) is 1.94. The number of hydrogen-bond acceptors (Lipinski definition) is 2. The maximum absolute atomic E-state index is 12.0. The highest BCUT2D eigenvalue weighted by molar-refractivity contribution is 5.92. The van der Waals surface area contributed by atoms with E-state index in [-0.39, 0.29) is 5.78 Å². The SMILES string of the molecule is CCn1ccnc1C(=O)CCc1ccc(C)cc1. The molecule has 0 aliphatic heterocycles. The average Bonchev–Trinajstić information content (AvgIpc) is 2.86. The third-order valence-corrected chi connectivity index (χ3v) is 3.07. The zero-order valence-corrected chi connectivity index (χ0v) is 10.9. The van der Waals surface area contributed by atoms with Gasteiger partial charge in [0.25, 0.3) is 0 Å². The second-order valence-electron chi connectivity index (χ2n) is 4.45. The van der Waals surface area contributed by atoms with E-state index in [2.05, 4.69) is 36.2 Å². The highest BCUT2D eigenvalue weighted by Gasteiger charge is 2.11. The minimum atomic E-state index is 0.113. The Kier molecular flexibility index (Phi) is 3.92. The zero-order valence-electron chi connectivity index (χ0n) is 10.9. The van der Waals surface area contributed by atoms with Gasteiger partial charge in [0.1, 0.15) is 0 Å². The normalized spacial score (nSPS) is 10.6. The highest BCUT2D eigenvalue weighted by Crippen LogP contribution is 2.09. The summed E-state index contributed by atoms with van der Waals surface area (Å²) in [6.07, 6.45) is 4.82. The topological polar surface area (TPSA) is 34.9 Å². The molecule has 0 saturated heterocycles. The zero-order chi connectivity index (χ0) is 13.0. The number of aryl methyl sites for hydroxylation is 3. The fraction of sp³-hybridized carbons (Fsp3) is 0.333. The van der Waals surface area contributed by atoms with E-state index < -0.39 is 0 Å². The van der Waals surface area contributed by atoms with Crippen molar-refractivity contribution in [3.8, 4) is 0 Å². The first-order chi connectivity index (χ1) is 8.70. The Morgan fingerprint density at radius 1 is 1.28 bits per heavy atom. The molecule has 0 fully saturated rings. The summed E-state index contributed by atoms with van der Waals surface area (Å²) in [4.78, 5) is 16.2. The van der Waals surface area contributed by atoms with Gasteiger partial charge < -0.3 is 4.57 Å². The summed E-state index contributed by atoms with van der Waals surface area (Å²) in [5, 5.41) is 0. The van der Waals surface area contributed by atoms with Crippen LogP contribution in [0.25, 0.3) is 0 Å². The molecule has 18 heavy (non-hydrogen) atoms. The Morgan fingerprint density at radius 2 is 2.00 bits per heavy atom. The van der Waals surface area contributed by atoms with Gasteiger partial charge >= 0.3 is 0 Å². The molecule has 0 aliphatic carbocycles. The first-order valence-electron chi connectivity index (χ1n) is 6.30. The number of carbonyl (C=O) groups excluding carboxylic acids is 1. The van der Waals surface area contributed by atoms with E-state index in [1.807, 2.05) is 17.7 Å². The Morgan fingerprint density at radius 3 is 2.67 bits per heavy atom. The summed E-state index contributed by atoms with van der Waals surface area (Å²) in [6.45, 7) is 4.86. The van der Waals surface area contributed by atoms with Crippen LogP contribution in [0.5, 0.6) is 0 Å². The fourth-order valence-corrected chi connectivity index (χ4v) is 1.94. The smallest absolute Gasteiger partial charge is 0.198 e. The summed E-state index contributed by atoms with van der Waals surface area (Å²) in [5.74, 6) is 0.687. The van der Waals surface area contributed by atoms with E-state index in [1.165, 1.54) is 11.1 Å². The molecule has 0 bridgehead atoms. The van der Waals surface area contributed by atoms with Gasteiger partial charge in [-0.25, -0.2) is 4.98 Å². The molecule has 0 spiro atoms. The number of nitrogens with zero attached hydrogens (tertiary/aromatic N) is 2. The number of aromatic nitrogens is 2. The first kappa shape index (κ1) is 12.6. The van der Waals surface area contributed by atoms with Crippen molar-refractivity contribution >= 4 is 5.78 Å². The number of Topliss-reactive ketones (excluding diaryl/α,β-unsaturated/α-hetero) is 1. The number of benzene rings is 1. The largest absolute Gasteiger partial charge is 0.329 e. The van der Waals surface area contributed by atoms with E-state index in [9.17, 15) is 4.79 Å². The van der Waals surface area contributed by atoms with Gasteiger partial charge in [-0.05, 0) is 25.8 Å². The molecule has 1 heterocycles. The molecule has 1 aromatic carbocycles. The third kappa shape index (κ3) is 2.86. The van der Waals surface area contributed by atoms with Crippen molar-refractivity contribution in [3.05, 3.63) is 53.6 Å². The highest BCUT2D eigenvalue weighted by atomic mass is 16.1. The predicted molar refractivity (Wildman–Crippen MR) is 71.7 cm³/mol. The molecule has 0 saturated carbocycles. The maximum atomic E-state index is 12.0. The first-order valence-corrected chi connectivity index (χ1v) is 6.30. The van der Waals surface area contributed by atoms with Crippen LogP contribution < -0.4 is 0 Å². The second-order valence-corrected chi connectivity index (χ2v) is 4.45. The van der Waals surface area contributed by atoms with Crippen LogP contribution in [-0.4, -0.2) is 15.3 Å². The van der Waals surface area contributed by atoms with Gasteiger partial charge in [0, 0.05) is 25.4 Å². The molecule has 2 rings (SSSR count). The predicted octanol–water partition coefficient (Wildman–Crippen LogP) is 3.03. The van der Waals surface area contributed by atoms with E-state index in [1.54, 1.807) is 6.20 Å². The van der Waals surface area contributed by atoms with Gasteiger partial charge in [0.2, 0.25) is 0 Å². The monoisotopic (exact) mass is 242 g/mol. The lowest BCUT2D eigenvalue weighted by Crippen LogP contribution is -2.10. The molecule has 0 amide bonds. The number of imidazole rings is 1. The molecule has 0 aliphatic rings. The van der Waals surface area contributed by atoms with Crippen LogP contribution in [-0.2, 0) is 13.0 Å². The van der Waals surface area contributed by atoms with Gasteiger partial charge in [-0.2, -0.15) is 0 Å². The average molecular weight is 242 g/mol. The van der Waals surface area contributed by atoms with Crippen LogP contribution in [0.3, 0.4) is 0 Å². The van der Waals surface area contributed by atoms with Crippen molar-refractivity contribution < 1.29 is 4.79 Å². The number of ketones is 1. The summed E-state index contributed by atoms with van der Waals surface area (Å²) < 4.78 is 1.89. The van der Waals surface area contributed by atoms with Crippen LogP contribution in [0, 0.1) is 6.92 Å². The minimum Gasteiger partial charge on any atom is -0.329 e. The Hall–Kier alpha value is -1.90. The quantitative estimate of drug-likeness (QED) is 0.755. The third-order valence-electron chi connectivity index (χ3n) is 3.07. The maximum Gasteiger partial charge on any atom is 0.198 e. The number of rotatable bonds is 5. The van der Waals surface area contributed by atoms with Gasteiger partial charge in [-0.15, -0.1) is 0 Å². The summed E-state index contributed by atoms with van der Waals surface area (Å²) in [6, 6.07) is 8.31. The van der Waals surface area contributed by atoms with Crippen molar-refractivity contribution in [1.29, 1.82) is 0 Å². The molecular formula is C15H18N2O. The minimum absolute atomic E-state index is 0.113. The van der Waals surface area contributed by atoms with Crippen LogP contribution in [0.4, 0.5) is 0 Å². The lowest BCUT2D eigenvalue weighted by molar-refractivity contribution is 0.0969. The van der Waals surface area contributed by atoms with Crippen LogP contribution >= 0.6 is 0 Å². The Labute approximate surface area is 107 Å². The molecular weight excluding hydrogens is 224 g/mol. The lowest BCUT2D eigenvalue weighted by atomic mass is 10.1. The Balaban J connectivity index is 1.98. The van der Waals surface area contributed by atoms with Crippen molar-refractivity contribution in [2.24, 2.45) is 0 Å². The summed E-state index contributed by atoms with van der Waals surface area (Å²) in [5.41, 5.74) is 2.44. The molecule has 0 atom stereocenters. The van der Waals surface area contributed by atoms with Crippen molar-refractivity contribution in [3.63, 3.8) is 0 Å². The molecule has 3 heteroatoms. The van der Waals surface area contributed by atoms with Gasteiger partial charge in [-0.3, -0.25) is 4.79 Å². The van der Waals surface area contributed by atoms with Crippen LogP contribution in [0.15, 0.2) is 36.7 Å². The molecule has 1 aromatic heterocycles. The number of carbonyl (C=O) groups is 1. The summed E-state index contributed by atoms with van der Waals surface area (Å²) >= 11 is 0. The molecule has 0 unspecified atom stereocenters. The van der Waals surface area contributed by atoms with E-state index in [4.69, 9.17) is 0 Å². The van der Waals surface area contributed by atoms with Gasteiger partial charge in [-0.1, -0.05) is 29.8 Å². The van der Waals surface area contributed by atoms with E-state index in [0.717, 1.165) is 13.0 Å². The van der Waals surface area contributed by atoms with Gasteiger partial charge in [0.05, 0.1) is 0 Å². The molecule has 3 nitrogen and oxygen atoms in total. The van der Waals surface area contributed by atoms with Crippen LogP contribution in [0.1, 0.15) is 35.1 Å². The van der Waals surface area contributed by atoms with Crippen LogP contribution in [0.2, 0.25) is 0 Å². The standard InChI is InChI=1S/C15H18N2O/c1-3-17-11-10-16-15(17)14(18)9-8-13-6-4-12(2)5-7-13/h4-7,10-11H,3,8-9H2,1-2H3. The lowest BCUT2D eigenvalue weighted by Gasteiger charge is -2.04. The van der Waals surface area contributed by atoms with E-state index in [0.29, 0.717) is 12.2 Å². The van der Waals surface area contributed by atoms with E-state index >= 15 is 0 Å². The van der Waals surface area contributed by atoms with Crippen molar-refractivity contribution in [2.75, 3.05) is 0 Å². The number of hydrogen-bond donors (Lipinski definition) is 0. The summed E-state index contributed by atoms with van der Waals surface area (Å²) in [7, 11) is 0. The molecule has 2 aromatic rings. The molecule has 0 N–H and O–H groups in total. The van der Waals surface area contributed by atoms with Gasteiger partial charge in [0.15, 0.2) is 11.6 Å². The van der Waals surface area contributed by atoms with Crippen molar-refractivity contribution in [2.45, 2.75) is 33.2 Å². The van der Waals surface area contributed by atoms with Crippen molar-refractivity contribution in [1.82, 2.24) is 9.55 Å². The second kappa shape index (κ2) is 5.63. The molecule has 94 valence electrons. The molecule has 0 radical (unpaired) electrons. The Bertz CT molecular complexity index is 526.